The number of hydrogen-bond acceptors (Lipinski definition) is 0. The molecule has 0 amide bonds. The maximum absolute atomic E-state index is 2.34. The zero-order chi connectivity index (χ0) is 9.23. The van der Waals surface area contributed by atoms with Crippen LogP contribution in [-0.2, 0) is 0 Å². The summed E-state index contributed by atoms with van der Waals surface area (Å²) in [5.74, 6) is 0. The van der Waals surface area contributed by atoms with Gasteiger partial charge in [-0.2, -0.15) is 0 Å². The molecule has 0 nitrogen and oxygen atoms in total. The summed E-state index contributed by atoms with van der Waals surface area (Å²) in [4.78, 5) is 0. The molecule has 0 radical (unpaired) electrons. The van der Waals surface area contributed by atoms with Crippen molar-refractivity contribution < 1.29 is 0 Å². The predicted molar refractivity (Wildman–Crippen MR) is 58.0 cm³/mol. The van der Waals surface area contributed by atoms with Crippen LogP contribution in [0.4, 0.5) is 0 Å². The molecule has 0 spiro atoms. The molecule has 0 rings (SSSR count). The maximum atomic E-state index is 2.34. The molecular formula is C10H18Li2. The molecule has 0 aromatic heterocycles. The summed E-state index contributed by atoms with van der Waals surface area (Å²) in [7, 11) is 0. The summed E-state index contributed by atoms with van der Waals surface area (Å²) in [6, 6.07) is 0. The van der Waals surface area contributed by atoms with Crippen LogP contribution < -0.4 is 0 Å². The Labute approximate surface area is 96.0 Å². The summed E-state index contributed by atoms with van der Waals surface area (Å²) < 4.78 is 0.921. The van der Waals surface area contributed by atoms with Crippen LogP contribution in [0.2, 0.25) is 9.68 Å². The van der Waals surface area contributed by atoms with Gasteiger partial charge >= 0.3 is 96.3 Å². The van der Waals surface area contributed by atoms with Crippen LogP contribution in [0.15, 0.2) is 12.2 Å². The molecule has 0 aliphatic carbocycles. The monoisotopic (exact) mass is 152 g/mol. The number of rotatable bonds is 7. The number of hydrogen-bond donors (Lipinski definition) is 0. The van der Waals surface area contributed by atoms with E-state index in [0.717, 1.165) is 4.59 Å². The van der Waals surface area contributed by atoms with Crippen molar-refractivity contribution in [2.75, 3.05) is 0 Å². The third-order valence-corrected chi connectivity index (χ3v) is 2.39. The van der Waals surface area contributed by atoms with E-state index in [0.29, 0.717) is 0 Å². The Morgan fingerprint density at radius 1 is 1.25 bits per heavy atom. The summed E-state index contributed by atoms with van der Waals surface area (Å²) in [5, 5.41) is 1.28. The van der Waals surface area contributed by atoms with E-state index in [4.69, 9.17) is 0 Å². The molecule has 0 aliphatic rings. The van der Waals surface area contributed by atoms with Crippen molar-refractivity contribution in [3.8, 4) is 0 Å². The van der Waals surface area contributed by atoms with Crippen molar-refractivity contribution in [2.45, 2.75) is 48.7 Å². The quantitative estimate of drug-likeness (QED) is 0.299. The van der Waals surface area contributed by atoms with Crippen molar-refractivity contribution in [2.24, 2.45) is 0 Å². The van der Waals surface area contributed by atoms with Crippen molar-refractivity contribution in [3.05, 3.63) is 12.2 Å². The fourth-order valence-corrected chi connectivity index (χ4v) is 1.19. The van der Waals surface area contributed by atoms with E-state index in [2.05, 4.69) is 54.5 Å². The van der Waals surface area contributed by atoms with Crippen molar-refractivity contribution in [3.63, 3.8) is 0 Å². The standard InChI is InChI=1S/C10H18.2Li/c1-3-5-7-9-10-8-6-4-2;;/h5-7H,1,3-4,8-10H2,2H3;;. The molecule has 2 heteroatoms. The van der Waals surface area contributed by atoms with Gasteiger partial charge in [-0.15, -0.1) is 0 Å². The van der Waals surface area contributed by atoms with E-state index >= 15 is 0 Å². The molecule has 0 aromatic carbocycles. The van der Waals surface area contributed by atoms with E-state index < -0.39 is 0 Å². The van der Waals surface area contributed by atoms with Gasteiger partial charge in [-0.1, -0.05) is 0 Å². The second kappa shape index (κ2) is 10.0. The Morgan fingerprint density at radius 2 is 1.92 bits per heavy atom. The minimum absolute atomic E-state index is 0.921. The van der Waals surface area contributed by atoms with E-state index in [1.54, 1.807) is 0 Å². The molecule has 0 saturated carbocycles. The fourth-order valence-electron chi connectivity index (χ4n) is 1.19. The predicted octanol–water partition coefficient (Wildman–Crippen LogP) is 3.06. The van der Waals surface area contributed by atoms with Crippen LogP contribution in [-0.4, -0.2) is 35.4 Å². The minimum atomic E-state index is 0.921. The van der Waals surface area contributed by atoms with Crippen molar-refractivity contribution >= 4 is 35.4 Å². The van der Waals surface area contributed by atoms with Crippen LogP contribution >= 0.6 is 0 Å². The first-order valence-electron chi connectivity index (χ1n) is 5.46. The first-order chi connectivity index (χ1) is 5.81. The summed E-state index contributed by atoms with van der Waals surface area (Å²) in [5.41, 5.74) is 0. The Bertz CT molecular complexity index is 110. The molecule has 1 unspecified atom stereocenters. The van der Waals surface area contributed by atoms with Crippen molar-refractivity contribution in [1.82, 2.24) is 0 Å². The van der Waals surface area contributed by atoms with Crippen LogP contribution in [0, 0.1) is 0 Å². The molecule has 0 heterocycles. The summed E-state index contributed by atoms with van der Waals surface area (Å²) >= 11 is 4.57. The molecule has 12 heavy (non-hydrogen) atoms. The zero-order valence-corrected chi connectivity index (χ0v) is 8.97. The molecule has 0 fully saturated rings. The average molecular weight is 152 g/mol. The van der Waals surface area contributed by atoms with Gasteiger partial charge in [0.1, 0.15) is 0 Å². The zero-order valence-electron chi connectivity index (χ0n) is 8.97. The van der Waals surface area contributed by atoms with Gasteiger partial charge in [-0.05, 0) is 0 Å². The molecule has 0 aromatic rings. The van der Waals surface area contributed by atoms with Gasteiger partial charge in [0, 0.05) is 0 Å². The van der Waals surface area contributed by atoms with Crippen molar-refractivity contribution in [1.29, 1.82) is 0 Å². The normalized spacial score (nSPS) is 14.1. The number of allylic oxidation sites excluding steroid dienone is 2. The SMILES string of the molecule is [Li][CH2]CC=CCCC[CH]([Li])CC. The van der Waals surface area contributed by atoms with Gasteiger partial charge < -0.3 is 0 Å². The molecule has 0 aliphatic heterocycles. The van der Waals surface area contributed by atoms with Gasteiger partial charge in [-0.3, -0.25) is 0 Å². The molecule has 0 N–H and O–H groups in total. The topological polar surface area (TPSA) is 0 Å². The Hall–Kier alpha value is 0.935. The van der Waals surface area contributed by atoms with Gasteiger partial charge in [0.15, 0.2) is 0 Å². The third-order valence-electron chi connectivity index (χ3n) is 2.39. The van der Waals surface area contributed by atoms with Gasteiger partial charge in [0.2, 0.25) is 0 Å². The Morgan fingerprint density at radius 3 is 2.50 bits per heavy atom. The van der Waals surface area contributed by atoms with Crippen LogP contribution in [0.5, 0.6) is 0 Å². The van der Waals surface area contributed by atoms with Gasteiger partial charge in [0.05, 0.1) is 0 Å². The summed E-state index contributed by atoms with van der Waals surface area (Å²) in [6.45, 7) is 2.28. The molecule has 1 atom stereocenters. The summed E-state index contributed by atoms with van der Waals surface area (Å²) in [6.07, 6.45) is 11.3. The van der Waals surface area contributed by atoms with E-state index in [9.17, 15) is 0 Å². The molecule has 0 saturated heterocycles. The van der Waals surface area contributed by atoms with E-state index in [-0.39, 0.29) is 0 Å². The Balaban J connectivity index is 3.09. The molecular weight excluding hydrogens is 134 g/mol. The van der Waals surface area contributed by atoms with Crippen LogP contribution in [0.25, 0.3) is 0 Å². The third kappa shape index (κ3) is 9.03. The van der Waals surface area contributed by atoms with E-state index in [1.165, 1.54) is 37.2 Å². The average Bonchev–Trinajstić information content (AvgIpc) is 2.10. The van der Waals surface area contributed by atoms with Crippen LogP contribution in [0.3, 0.4) is 0 Å². The Kier molecular flexibility index (Phi) is 10.8. The van der Waals surface area contributed by atoms with Gasteiger partial charge in [-0.25, -0.2) is 0 Å². The van der Waals surface area contributed by atoms with Gasteiger partial charge in [0.25, 0.3) is 0 Å². The second-order valence-corrected chi connectivity index (χ2v) is 3.70. The second-order valence-electron chi connectivity index (χ2n) is 3.70. The molecule has 60 valence electrons. The molecule has 0 bridgehead atoms. The first kappa shape index (κ1) is 12.9. The fraction of sp³-hybridized carbons (Fsp3) is 0.800. The van der Waals surface area contributed by atoms with Crippen LogP contribution in [0.1, 0.15) is 39.0 Å². The van der Waals surface area contributed by atoms with E-state index in [1.807, 2.05) is 0 Å². The number of unbranched alkanes of at least 4 members (excludes halogenated alkanes) is 1. The first-order valence-corrected chi connectivity index (χ1v) is 5.46.